The van der Waals surface area contributed by atoms with Gasteiger partial charge in [0.05, 0.1) is 6.10 Å². The molecule has 1 rings (SSSR count). The summed E-state index contributed by atoms with van der Waals surface area (Å²) in [5, 5.41) is 8.78. The van der Waals surface area contributed by atoms with Gasteiger partial charge in [-0.15, -0.1) is 0 Å². The first-order valence-electron chi connectivity index (χ1n) is 5.68. The zero-order valence-electron chi connectivity index (χ0n) is 10.1. The maximum absolute atomic E-state index is 10.7. The fourth-order valence-corrected chi connectivity index (χ4v) is 2.71. The highest BCUT2D eigenvalue weighted by molar-refractivity contribution is 5.71. The first-order valence-corrected chi connectivity index (χ1v) is 5.68. The van der Waals surface area contributed by atoms with E-state index in [0.717, 1.165) is 12.8 Å². The van der Waals surface area contributed by atoms with E-state index in [-0.39, 0.29) is 11.5 Å². The number of aliphatic carboxylic acids is 1. The predicted molar refractivity (Wildman–Crippen MR) is 58.8 cm³/mol. The van der Waals surface area contributed by atoms with Gasteiger partial charge in [-0.3, -0.25) is 0 Å². The van der Waals surface area contributed by atoms with Crippen LogP contribution in [0.4, 0.5) is 0 Å². The van der Waals surface area contributed by atoms with Crippen LogP contribution in [0, 0.1) is 11.3 Å². The summed E-state index contributed by atoms with van der Waals surface area (Å²) in [6, 6.07) is 0. The van der Waals surface area contributed by atoms with Crippen molar-refractivity contribution in [1.82, 2.24) is 0 Å². The molecule has 88 valence electrons. The summed E-state index contributed by atoms with van der Waals surface area (Å²) in [7, 11) is 0. The van der Waals surface area contributed by atoms with Crippen molar-refractivity contribution in [2.24, 2.45) is 11.3 Å². The molecule has 0 saturated heterocycles. The van der Waals surface area contributed by atoms with E-state index in [1.54, 1.807) is 6.92 Å². The SMILES string of the molecule is CC1CC(O[C@H](C)C(=O)O)CC(C)(C)C1. The molecule has 3 nitrogen and oxygen atoms in total. The van der Waals surface area contributed by atoms with Crippen LogP contribution in [-0.2, 0) is 9.53 Å². The van der Waals surface area contributed by atoms with Gasteiger partial charge in [0.15, 0.2) is 6.10 Å². The molecule has 15 heavy (non-hydrogen) atoms. The van der Waals surface area contributed by atoms with Crippen molar-refractivity contribution in [2.45, 2.75) is 59.2 Å². The number of hydrogen-bond donors (Lipinski definition) is 1. The molecule has 1 aliphatic carbocycles. The second-order valence-electron chi connectivity index (χ2n) is 5.65. The lowest BCUT2D eigenvalue weighted by Crippen LogP contribution is -2.36. The minimum atomic E-state index is -0.869. The molecule has 0 spiro atoms. The van der Waals surface area contributed by atoms with E-state index >= 15 is 0 Å². The fourth-order valence-electron chi connectivity index (χ4n) is 2.71. The van der Waals surface area contributed by atoms with Crippen molar-refractivity contribution in [3.8, 4) is 0 Å². The van der Waals surface area contributed by atoms with E-state index in [2.05, 4.69) is 20.8 Å². The van der Waals surface area contributed by atoms with Crippen LogP contribution in [0.1, 0.15) is 47.0 Å². The molecule has 0 aliphatic heterocycles. The van der Waals surface area contributed by atoms with E-state index in [9.17, 15) is 4.79 Å². The molecule has 1 aliphatic rings. The van der Waals surface area contributed by atoms with E-state index in [0.29, 0.717) is 5.92 Å². The van der Waals surface area contributed by atoms with Crippen LogP contribution >= 0.6 is 0 Å². The Kier molecular flexibility index (Phi) is 3.77. The Morgan fingerprint density at radius 2 is 2.07 bits per heavy atom. The smallest absolute Gasteiger partial charge is 0.332 e. The lowest BCUT2D eigenvalue weighted by atomic mass is 9.71. The first kappa shape index (κ1) is 12.5. The maximum atomic E-state index is 10.7. The highest BCUT2D eigenvalue weighted by Crippen LogP contribution is 2.39. The molecule has 0 aromatic rings. The number of carbonyl (C=O) groups is 1. The Morgan fingerprint density at radius 1 is 1.47 bits per heavy atom. The number of carboxylic acids is 1. The van der Waals surface area contributed by atoms with Crippen LogP contribution in [0.25, 0.3) is 0 Å². The van der Waals surface area contributed by atoms with Crippen LogP contribution in [0.3, 0.4) is 0 Å². The topological polar surface area (TPSA) is 46.5 Å². The zero-order chi connectivity index (χ0) is 11.6. The van der Waals surface area contributed by atoms with E-state index in [1.807, 2.05) is 0 Å². The van der Waals surface area contributed by atoms with Crippen LogP contribution in [0.15, 0.2) is 0 Å². The molecular weight excluding hydrogens is 192 g/mol. The summed E-state index contributed by atoms with van der Waals surface area (Å²) < 4.78 is 5.56. The molecule has 1 saturated carbocycles. The van der Waals surface area contributed by atoms with Crippen molar-refractivity contribution in [3.63, 3.8) is 0 Å². The van der Waals surface area contributed by atoms with Gasteiger partial charge in [0.25, 0.3) is 0 Å². The standard InChI is InChI=1S/C12H22O3/c1-8-5-10(7-12(3,4)6-8)15-9(2)11(13)14/h8-10H,5-7H2,1-4H3,(H,13,14)/t8?,9-,10?/m1/s1. The third-order valence-corrected chi connectivity index (χ3v) is 3.09. The second-order valence-corrected chi connectivity index (χ2v) is 5.65. The summed E-state index contributed by atoms with van der Waals surface area (Å²) in [6.07, 6.45) is 2.58. The maximum Gasteiger partial charge on any atom is 0.332 e. The summed E-state index contributed by atoms with van der Waals surface area (Å²) >= 11 is 0. The van der Waals surface area contributed by atoms with Crippen LogP contribution in [0.5, 0.6) is 0 Å². The van der Waals surface area contributed by atoms with Gasteiger partial charge in [0, 0.05) is 0 Å². The molecule has 0 aromatic heterocycles. The van der Waals surface area contributed by atoms with Gasteiger partial charge < -0.3 is 9.84 Å². The van der Waals surface area contributed by atoms with Crippen molar-refractivity contribution in [2.75, 3.05) is 0 Å². The molecule has 3 atom stereocenters. The van der Waals surface area contributed by atoms with Gasteiger partial charge in [-0.2, -0.15) is 0 Å². The molecule has 0 radical (unpaired) electrons. The highest BCUT2D eigenvalue weighted by Gasteiger charge is 2.33. The largest absolute Gasteiger partial charge is 0.479 e. The van der Waals surface area contributed by atoms with Gasteiger partial charge in [0.1, 0.15) is 0 Å². The molecule has 3 heteroatoms. The first-order chi connectivity index (χ1) is 6.80. The normalized spacial score (nSPS) is 32.3. The van der Waals surface area contributed by atoms with Gasteiger partial charge >= 0.3 is 5.97 Å². The van der Waals surface area contributed by atoms with E-state index < -0.39 is 12.1 Å². The van der Waals surface area contributed by atoms with Crippen LogP contribution in [-0.4, -0.2) is 23.3 Å². The minimum Gasteiger partial charge on any atom is -0.479 e. The quantitative estimate of drug-likeness (QED) is 0.785. The average molecular weight is 214 g/mol. The van der Waals surface area contributed by atoms with Crippen LogP contribution < -0.4 is 0 Å². The van der Waals surface area contributed by atoms with Gasteiger partial charge in [-0.1, -0.05) is 20.8 Å². The molecule has 1 N–H and O–H groups in total. The number of ether oxygens (including phenoxy) is 1. The van der Waals surface area contributed by atoms with E-state index in [1.165, 1.54) is 6.42 Å². The lowest BCUT2D eigenvalue weighted by Gasteiger charge is -2.39. The molecule has 0 heterocycles. The molecular formula is C12H22O3. The summed E-state index contributed by atoms with van der Waals surface area (Å²) in [5.41, 5.74) is 0.278. The Balaban J connectivity index is 2.52. The third-order valence-electron chi connectivity index (χ3n) is 3.09. The third kappa shape index (κ3) is 3.82. The Labute approximate surface area is 91.8 Å². The highest BCUT2D eigenvalue weighted by atomic mass is 16.5. The van der Waals surface area contributed by atoms with Crippen LogP contribution in [0.2, 0.25) is 0 Å². The Hall–Kier alpha value is -0.570. The number of rotatable bonds is 3. The lowest BCUT2D eigenvalue weighted by molar-refractivity contribution is -0.156. The molecule has 0 bridgehead atoms. The van der Waals surface area contributed by atoms with Crippen molar-refractivity contribution < 1.29 is 14.6 Å². The van der Waals surface area contributed by atoms with E-state index in [4.69, 9.17) is 9.84 Å². The Morgan fingerprint density at radius 3 is 2.53 bits per heavy atom. The molecule has 2 unspecified atom stereocenters. The predicted octanol–water partition coefficient (Wildman–Crippen LogP) is 2.69. The van der Waals surface area contributed by atoms with Crippen molar-refractivity contribution in [1.29, 1.82) is 0 Å². The van der Waals surface area contributed by atoms with Gasteiger partial charge in [-0.25, -0.2) is 4.79 Å². The number of hydrogen-bond acceptors (Lipinski definition) is 2. The van der Waals surface area contributed by atoms with Gasteiger partial charge in [-0.05, 0) is 37.5 Å². The van der Waals surface area contributed by atoms with Gasteiger partial charge in [0.2, 0.25) is 0 Å². The fraction of sp³-hybridized carbons (Fsp3) is 0.917. The summed E-state index contributed by atoms with van der Waals surface area (Å²) in [5.74, 6) is -0.245. The number of carboxylic acid groups (broad SMARTS) is 1. The summed E-state index contributed by atoms with van der Waals surface area (Å²) in [4.78, 5) is 10.7. The molecule has 0 aromatic carbocycles. The molecule has 0 amide bonds. The molecule has 1 fully saturated rings. The monoisotopic (exact) mass is 214 g/mol. The van der Waals surface area contributed by atoms with Crippen molar-refractivity contribution in [3.05, 3.63) is 0 Å². The van der Waals surface area contributed by atoms with Crippen molar-refractivity contribution >= 4 is 5.97 Å². The minimum absolute atomic E-state index is 0.106. The average Bonchev–Trinajstić information content (AvgIpc) is 1.99. The Bertz CT molecular complexity index is 235. The zero-order valence-corrected chi connectivity index (χ0v) is 10.1. The second kappa shape index (κ2) is 4.52. The summed E-state index contributed by atoms with van der Waals surface area (Å²) in [6.45, 7) is 8.27.